The molecule has 1 aliphatic heterocycles. The van der Waals surface area contributed by atoms with Gasteiger partial charge in [0.05, 0.1) is 6.04 Å². The molecule has 2 aromatic rings. The van der Waals surface area contributed by atoms with Crippen molar-refractivity contribution >= 4 is 23.2 Å². The topological polar surface area (TPSA) is 46.3 Å². The van der Waals surface area contributed by atoms with Crippen molar-refractivity contribution < 1.29 is 4.79 Å². The number of carbonyl (C=O) groups is 1. The zero-order chi connectivity index (χ0) is 14.8. The molecule has 108 valence electrons. The molecular weight excluding hydrogens is 284 g/mol. The molecule has 0 aliphatic carbocycles. The Bertz CT molecular complexity index is 671. The lowest BCUT2D eigenvalue weighted by molar-refractivity contribution is 0.0735. The number of benzene rings is 2. The minimum absolute atomic E-state index is 0.0322. The van der Waals surface area contributed by atoms with Crippen molar-refractivity contribution in [2.45, 2.75) is 18.9 Å². The van der Waals surface area contributed by atoms with E-state index in [4.69, 9.17) is 17.3 Å². The van der Waals surface area contributed by atoms with Crippen molar-refractivity contribution in [1.29, 1.82) is 0 Å². The van der Waals surface area contributed by atoms with E-state index in [-0.39, 0.29) is 11.9 Å². The number of amides is 1. The molecule has 0 spiro atoms. The number of rotatable bonds is 2. The number of nitrogen functional groups attached to an aromatic ring is 1. The van der Waals surface area contributed by atoms with Crippen molar-refractivity contribution in [2.75, 3.05) is 12.3 Å². The molecule has 4 heteroatoms. The van der Waals surface area contributed by atoms with Gasteiger partial charge in [-0.1, -0.05) is 29.8 Å². The molecule has 1 atom stereocenters. The molecule has 2 aromatic carbocycles. The first-order chi connectivity index (χ1) is 10.1. The van der Waals surface area contributed by atoms with Crippen molar-refractivity contribution in [1.82, 2.24) is 4.90 Å². The highest BCUT2D eigenvalue weighted by Crippen LogP contribution is 2.34. The summed E-state index contributed by atoms with van der Waals surface area (Å²) in [7, 11) is 0. The number of likely N-dealkylation sites (tertiary alicyclic amines) is 1. The molecule has 1 amide bonds. The largest absolute Gasteiger partial charge is 0.399 e. The molecule has 1 fully saturated rings. The van der Waals surface area contributed by atoms with Crippen LogP contribution in [0.5, 0.6) is 0 Å². The number of hydrogen-bond donors (Lipinski definition) is 1. The van der Waals surface area contributed by atoms with Crippen molar-refractivity contribution in [3.63, 3.8) is 0 Å². The highest BCUT2D eigenvalue weighted by Gasteiger charge is 2.30. The van der Waals surface area contributed by atoms with Crippen molar-refractivity contribution in [3.8, 4) is 0 Å². The van der Waals surface area contributed by atoms with Crippen LogP contribution in [0.1, 0.15) is 34.8 Å². The van der Waals surface area contributed by atoms with Crippen LogP contribution in [0.2, 0.25) is 5.02 Å². The van der Waals surface area contributed by atoms with Crippen LogP contribution in [0.4, 0.5) is 5.69 Å². The summed E-state index contributed by atoms with van der Waals surface area (Å²) in [5.74, 6) is 0.0322. The second-order valence-corrected chi connectivity index (χ2v) is 5.77. The Hall–Kier alpha value is -2.00. The van der Waals surface area contributed by atoms with Gasteiger partial charge in [0.2, 0.25) is 0 Å². The van der Waals surface area contributed by atoms with Crippen LogP contribution in [0.15, 0.2) is 48.5 Å². The number of anilines is 1. The quantitative estimate of drug-likeness (QED) is 0.855. The summed E-state index contributed by atoms with van der Waals surface area (Å²) in [5, 5.41) is 0.704. The SMILES string of the molecule is Nc1cccc(C(=O)N2CCCC2c2cccc(Cl)c2)c1. The summed E-state index contributed by atoms with van der Waals surface area (Å²) >= 11 is 6.07. The molecule has 1 saturated heterocycles. The van der Waals surface area contributed by atoms with Gasteiger partial charge in [0.25, 0.3) is 5.91 Å². The summed E-state index contributed by atoms with van der Waals surface area (Å²) in [6.07, 6.45) is 1.97. The fraction of sp³-hybridized carbons (Fsp3) is 0.235. The van der Waals surface area contributed by atoms with Crippen LogP contribution in [0.25, 0.3) is 0 Å². The third kappa shape index (κ3) is 2.88. The fourth-order valence-corrected chi connectivity index (χ4v) is 3.11. The van der Waals surface area contributed by atoms with Crippen LogP contribution in [0, 0.1) is 0 Å². The van der Waals surface area contributed by atoms with E-state index in [1.807, 2.05) is 41.3 Å². The lowest BCUT2D eigenvalue weighted by atomic mass is 10.0. The van der Waals surface area contributed by atoms with Gasteiger partial charge in [-0.2, -0.15) is 0 Å². The number of nitrogens with two attached hydrogens (primary N) is 1. The van der Waals surface area contributed by atoms with E-state index in [0.717, 1.165) is 24.9 Å². The smallest absolute Gasteiger partial charge is 0.254 e. The number of nitrogens with zero attached hydrogens (tertiary/aromatic N) is 1. The van der Waals surface area contributed by atoms with Crippen molar-refractivity contribution in [2.24, 2.45) is 0 Å². The van der Waals surface area contributed by atoms with Gasteiger partial charge in [-0.3, -0.25) is 4.79 Å². The van der Waals surface area contributed by atoms with Gasteiger partial charge < -0.3 is 10.6 Å². The minimum Gasteiger partial charge on any atom is -0.399 e. The van der Waals surface area contributed by atoms with Gasteiger partial charge in [0, 0.05) is 22.8 Å². The summed E-state index contributed by atoms with van der Waals surface area (Å²) in [4.78, 5) is 14.6. The highest BCUT2D eigenvalue weighted by atomic mass is 35.5. The molecule has 3 rings (SSSR count). The maximum Gasteiger partial charge on any atom is 0.254 e. The van der Waals surface area contributed by atoms with Gasteiger partial charge in [0.1, 0.15) is 0 Å². The predicted octanol–water partition coefficient (Wildman–Crippen LogP) is 3.90. The predicted molar refractivity (Wildman–Crippen MR) is 85.3 cm³/mol. The summed E-state index contributed by atoms with van der Waals surface area (Å²) in [6.45, 7) is 0.769. The first-order valence-corrected chi connectivity index (χ1v) is 7.45. The molecule has 1 heterocycles. The summed E-state index contributed by atoms with van der Waals surface area (Å²) in [6, 6.07) is 15.0. The van der Waals surface area contributed by atoms with Gasteiger partial charge >= 0.3 is 0 Å². The van der Waals surface area contributed by atoms with E-state index in [1.54, 1.807) is 12.1 Å². The molecule has 21 heavy (non-hydrogen) atoms. The molecule has 1 aliphatic rings. The Morgan fingerprint density at radius 1 is 1.19 bits per heavy atom. The lowest BCUT2D eigenvalue weighted by Gasteiger charge is -2.25. The molecule has 3 nitrogen and oxygen atoms in total. The van der Waals surface area contributed by atoms with Gasteiger partial charge in [-0.15, -0.1) is 0 Å². The molecular formula is C17H17ClN2O. The first kappa shape index (κ1) is 14.0. The summed E-state index contributed by atoms with van der Waals surface area (Å²) < 4.78 is 0. The Kier molecular flexibility index (Phi) is 3.84. The average molecular weight is 301 g/mol. The normalized spacial score (nSPS) is 18.0. The van der Waals surface area contributed by atoms with Crippen LogP contribution in [-0.2, 0) is 0 Å². The van der Waals surface area contributed by atoms with E-state index in [2.05, 4.69) is 0 Å². The van der Waals surface area contributed by atoms with E-state index >= 15 is 0 Å². The molecule has 0 aromatic heterocycles. The second kappa shape index (κ2) is 5.78. The molecule has 0 radical (unpaired) electrons. The second-order valence-electron chi connectivity index (χ2n) is 5.34. The van der Waals surface area contributed by atoms with E-state index < -0.39 is 0 Å². The average Bonchev–Trinajstić information content (AvgIpc) is 2.96. The maximum atomic E-state index is 12.7. The van der Waals surface area contributed by atoms with E-state index in [9.17, 15) is 4.79 Å². The monoisotopic (exact) mass is 300 g/mol. The highest BCUT2D eigenvalue weighted by molar-refractivity contribution is 6.30. The summed E-state index contributed by atoms with van der Waals surface area (Å²) in [5.41, 5.74) is 8.12. The van der Waals surface area contributed by atoms with Crippen LogP contribution >= 0.6 is 11.6 Å². The molecule has 0 bridgehead atoms. The Labute approximate surface area is 129 Å². The standard InChI is InChI=1S/C17H17ClN2O/c18-14-6-1-4-12(10-14)16-8-3-9-20(16)17(21)13-5-2-7-15(19)11-13/h1-2,4-7,10-11,16H,3,8-9,19H2. The van der Waals surface area contributed by atoms with Crippen LogP contribution in [0.3, 0.4) is 0 Å². The first-order valence-electron chi connectivity index (χ1n) is 7.07. The Morgan fingerprint density at radius 2 is 2.00 bits per heavy atom. The van der Waals surface area contributed by atoms with Gasteiger partial charge in [-0.25, -0.2) is 0 Å². The maximum absolute atomic E-state index is 12.7. The van der Waals surface area contributed by atoms with E-state index in [1.165, 1.54) is 0 Å². The number of hydrogen-bond acceptors (Lipinski definition) is 2. The van der Waals surface area contributed by atoms with Gasteiger partial charge in [-0.05, 0) is 48.7 Å². The third-order valence-electron chi connectivity index (χ3n) is 3.88. The number of halogens is 1. The van der Waals surface area contributed by atoms with Crippen LogP contribution < -0.4 is 5.73 Å². The van der Waals surface area contributed by atoms with E-state index in [0.29, 0.717) is 16.3 Å². The van der Waals surface area contributed by atoms with Crippen molar-refractivity contribution in [3.05, 3.63) is 64.7 Å². The fourth-order valence-electron chi connectivity index (χ4n) is 2.91. The Balaban J connectivity index is 1.89. The van der Waals surface area contributed by atoms with Crippen LogP contribution in [-0.4, -0.2) is 17.4 Å². The minimum atomic E-state index is 0.0322. The lowest BCUT2D eigenvalue weighted by Crippen LogP contribution is -2.30. The molecule has 1 unspecified atom stereocenters. The third-order valence-corrected chi connectivity index (χ3v) is 4.12. The van der Waals surface area contributed by atoms with Gasteiger partial charge in [0.15, 0.2) is 0 Å². The zero-order valence-corrected chi connectivity index (χ0v) is 12.4. The number of carbonyl (C=O) groups excluding carboxylic acids is 1. The zero-order valence-electron chi connectivity index (χ0n) is 11.6. The molecule has 2 N–H and O–H groups in total. The molecule has 0 saturated carbocycles. The Morgan fingerprint density at radius 3 is 2.76 bits per heavy atom.